The Labute approximate surface area is 82.1 Å². The molecule has 0 saturated carbocycles. The molecule has 78 valence electrons. The Balaban J connectivity index is 0. The van der Waals surface area contributed by atoms with Gasteiger partial charge in [-0.25, -0.2) is 0 Å². The van der Waals surface area contributed by atoms with Crippen molar-refractivity contribution in [1.82, 2.24) is 4.98 Å². The van der Waals surface area contributed by atoms with Gasteiger partial charge in [0.1, 0.15) is 0 Å². The fraction of sp³-hybridized carbons (Fsp3) is 0. The van der Waals surface area contributed by atoms with Gasteiger partial charge >= 0.3 is 0 Å². The average Bonchev–Trinajstić information content (AvgIpc) is 2.05. The predicted molar refractivity (Wildman–Crippen MR) is 56.4 cm³/mol. The molecule has 1 aromatic rings. The fourth-order valence-electron chi connectivity index (χ4n) is 0.313. The Morgan fingerprint density at radius 1 is 0.786 bits per heavy atom. The van der Waals surface area contributed by atoms with Gasteiger partial charge in [0.15, 0.2) is 11.9 Å². The molecule has 0 aliphatic carbocycles. The van der Waals surface area contributed by atoms with E-state index in [0.29, 0.717) is 0 Å². The lowest BCUT2D eigenvalue weighted by Gasteiger charge is -1.70. The molecule has 7 heteroatoms. The van der Waals surface area contributed by atoms with E-state index >= 15 is 0 Å². The SMILES string of the molecule is N=C(N)N.N=C(N)N.c1ccncc1. The van der Waals surface area contributed by atoms with Gasteiger partial charge in [0.25, 0.3) is 0 Å². The molecule has 1 aromatic heterocycles. The number of nitrogens with two attached hydrogens (primary N) is 4. The number of nitrogens with one attached hydrogen (secondary N) is 2. The largest absolute Gasteiger partial charge is 0.370 e. The number of rotatable bonds is 0. The second-order valence-corrected chi connectivity index (χ2v) is 1.94. The molecule has 0 aromatic carbocycles. The van der Waals surface area contributed by atoms with E-state index in [4.69, 9.17) is 10.8 Å². The van der Waals surface area contributed by atoms with E-state index in [1.54, 1.807) is 12.4 Å². The van der Waals surface area contributed by atoms with Crippen LogP contribution < -0.4 is 22.9 Å². The Bertz CT molecular complexity index is 199. The van der Waals surface area contributed by atoms with Crippen LogP contribution in [0.2, 0.25) is 0 Å². The molecule has 0 spiro atoms. The fourth-order valence-corrected chi connectivity index (χ4v) is 0.313. The quantitative estimate of drug-likeness (QED) is 0.226. The van der Waals surface area contributed by atoms with Gasteiger partial charge in [-0.15, -0.1) is 0 Å². The van der Waals surface area contributed by atoms with Crippen LogP contribution in [0, 0.1) is 10.8 Å². The first-order chi connectivity index (χ1) is 6.46. The van der Waals surface area contributed by atoms with Crippen LogP contribution in [-0.2, 0) is 0 Å². The van der Waals surface area contributed by atoms with Crippen molar-refractivity contribution >= 4 is 11.9 Å². The van der Waals surface area contributed by atoms with E-state index < -0.39 is 0 Å². The highest BCUT2D eigenvalue weighted by Crippen LogP contribution is 1.73. The Morgan fingerprint density at radius 3 is 1.14 bits per heavy atom. The van der Waals surface area contributed by atoms with Gasteiger partial charge < -0.3 is 22.9 Å². The monoisotopic (exact) mass is 197 g/mol. The summed E-state index contributed by atoms with van der Waals surface area (Å²) in [6, 6.07) is 5.72. The maximum atomic E-state index is 6.06. The number of pyridine rings is 1. The molecule has 7 nitrogen and oxygen atoms in total. The van der Waals surface area contributed by atoms with Crippen molar-refractivity contribution in [3.8, 4) is 0 Å². The third-order valence-corrected chi connectivity index (χ3v) is 0.566. The van der Waals surface area contributed by atoms with Crippen LogP contribution in [0.25, 0.3) is 0 Å². The molecule has 0 amide bonds. The summed E-state index contributed by atoms with van der Waals surface area (Å²) in [5.74, 6) is -0.667. The third-order valence-electron chi connectivity index (χ3n) is 0.566. The maximum Gasteiger partial charge on any atom is 0.183 e. The summed E-state index contributed by atoms with van der Waals surface area (Å²) in [5, 5.41) is 12.1. The zero-order valence-corrected chi connectivity index (χ0v) is 7.64. The molecular weight excluding hydrogens is 182 g/mol. The van der Waals surface area contributed by atoms with Gasteiger partial charge in [-0.3, -0.25) is 15.8 Å². The van der Waals surface area contributed by atoms with Crippen LogP contribution in [0.3, 0.4) is 0 Å². The summed E-state index contributed by atoms with van der Waals surface area (Å²) in [6.07, 6.45) is 3.50. The van der Waals surface area contributed by atoms with Crippen LogP contribution in [0.1, 0.15) is 0 Å². The minimum absolute atomic E-state index is 0.333. The van der Waals surface area contributed by atoms with Gasteiger partial charge in [0.05, 0.1) is 0 Å². The first-order valence-corrected chi connectivity index (χ1v) is 3.50. The highest BCUT2D eigenvalue weighted by Gasteiger charge is 1.58. The number of hydrogen-bond acceptors (Lipinski definition) is 3. The molecule has 1 heterocycles. The predicted octanol–water partition coefficient (Wildman–Crippen LogP) is -1.24. The third kappa shape index (κ3) is 53.7. The second kappa shape index (κ2) is 10.7. The van der Waals surface area contributed by atoms with Crippen LogP contribution in [0.5, 0.6) is 0 Å². The summed E-state index contributed by atoms with van der Waals surface area (Å²) in [7, 11) is 0. The topological polar surface area (TPSA) is 165 Å². The molecule has 1 rings (SSSR count). The standard InChI is InChI=1S/C5H5N.2CH5N3/c1-2-4-6-5-3-1;2*2-1(3)4/h1-5H;2*(H5,2,3,4). The Kier molecular flexibility index (Phi) is 10.9. The highest BCUT2D eigenvalue weighted by molar-refractivity contribution is 5.72. The lowest BCUT2D eigenvalue weighted by Crippen LogP contribution is -2.20. The van der Waals surface area contributed by atoms with Crippen molar-refractivity contribution in [3.05, 3.63) is 30.6 Å². The molecule has 0 atom stereocenters. The van der Waals surface area contributed by atoms with Crippen molar-refractivity contribution in [2.45, 2.75) is 0 Å². The van der Waals surface area contributed by atoms with Crippen molar-refractivity contribution in [1.29, 1.82) is 10.8 Å². The summed E-state index contributed by atoms with van der Waals surface area (Å²) in [5.41, 5.74) is 17.9. The van der Waals surface area contributed by atoms with Gasteiger partial charge in [0, 0.05) is 12.4 Å². The minimum atomic E-state index is -0.333. The zero-order chi connectivity index (χ0) is 11.4. The first kappa shape index (κ1) is 14.2. The van der Waals surface area contributed by atoms with E-state index in [2.05, 4.69) is 27.9 Å². The molecule has 10 N–H and O–H groups in total. The summed E-state index contributed by atoms with van der Waals surface area (Å²) in [6.45, 7) is 0. The molecule has 0 aliphatic rings. The van der Waals surface area contributed by atoms with Gasteiger partial charge in [-0.05, 0) is 12.1 Å². The molecule has 14 heavy (non-hydrogen) atoms. The summed E-state index contributed by atoms with van der Waals surface area (Å²) < 4.78 is 0. The number of guanidine groups is 2. The highest BCUT2D eigenvalue weighted by atomic mass is 14.9. The van der Waals surface area contributed by atoms with E-state index in [1.807, 2.05) is 18.2 Å². The average molecular weight is 197 g/mol. The van der Waals surface area contributed by atoms with Crippen molar-refractivity contribution < 1.29 is 0 Å². The molecule has 0 saturated heterocycles. The summed E-state index contributed by atoms with van der Waals surface area (Å²) in [4.78, 5) is 3.78. The van der Waals surface area contributed by atoms with E-state index in [-0.39, 0.29) is 11.9 Å². The zero-order valence-electron chi connectivity index (χ0n) is 7.64. The minimum Gasteiger partial charge on any atom is -0.370 e. The Morgan fingerprint density at radius 2 is 1.07 bits per heavy atom. The Hall–Kier alpha value is -2.31. The van der Waals surface area contributed by atoms with Gasteiger partial charge in [-0.2, -0.15) is 0 Å². The lowest BCUT2D eigenvalue weighted by molar-refractivity contribution is 1.33. The normalized spacial score (nSPS) is 6.86. The number of aromatic nitrogens is 1. The molecule has 0 bridgehead atoms. The van der Waals surface area contributed by atoms with Crippen LogP contribution in [0.4, 0.5) is 0 Å². The van der Waals surface area contributed by atoms with Crippen molar-refractivity contribution in [2.24, 2.45) is 22.9 Å². The molecule has 0 radical (unpaired) electrons. The van der Waals surface area contributed by atoms with E-state index in [1.165, 1.54) is 0 Å². The smallest absolute Gasteiger partial charge is 0.183 e. The molecule has 0 unspecified atom stereocenters. The van der Waals surface area contributed by atoms with Crippen LogP contribution >= 0.6 is 0 Å². The lowest BCUT2D eigenvalue weighted by atomic mass is 10.5. The van der Waals surface area contributed by atoms with Crippen LogP contribution in [-0.4, -0.2) is 16.9 Å². The molecule has 0 fully saturated rings. The number of hydrogen-bond donors (Lipinski definition) is 6. The summed E-state index contributed by atoms with van der Waals surface area (Å²) >= 11 is 0. The maximum absolute atomic E-state index is 6.06. The molecular formula is C7H15N7. The van der Waals surface area contributed by atoms with E-state index in [0.717, 1.165) is 0 Å². The van der Waals surface area contributed by atoms with Gasteiger partial charge in [0.2, 0.25) is 0 Å². The second-order valence-electron chi connectivity index (χ2n) is 1.94. The van der Waals surface area contributed by atoms with Crippen LogP contribution in [0.15, 0.2) is 30.6 Å². The van der Waals surface area contributed by atoms with Gasteiger partial charge in [-0.1, -0.05) is 6.07 Å². The first-order valence-electron chi connectivity index (χ1n) is 3.50. The number of nitrogens with zero attached hydrogens (tertiary/aromatic N) is 1. The molecule has 0 aliphatic heterocycles. The van der Waals surface area contributed by atoms with Crippen molar-refractivity contribution in [3.63, 3.8) is 0 Å². The van der Waals surface area contributed by atoms with E-state index in [9.17, 15) is 0 Å². The van der Waals surface area contributed by atoms with Crippen molar-refractivity contribution in [2.75, 3.05) is 0 Å².